The summed E-state index contributed by atoms with van der Waals surface area (Å²) in [6.45, 7) is 0. The van der Waals surface area contributed by atoms with Crippen LogP contribution in [0.4, 0.5) is 26.3 Å². The number of oxime groups is 1. The molecule has 0 fully saturated rings. The van der Waals surface area contributed by atoms with Crippen molar-refractivity contribution in [3.05, 3.63) is 51.8 Å². The van der Waals surface area contributed by atoms with Crippen molar-refractivity contribution in [2.75, 3.05) is 0 Å². The summed E-state index contributed by atoms with van der Waals surface area (Å²) in [5.74, 6) is -2.12. The number of nitrogens with zero attached hydrogens (tertiary/aromatic N) is 3. The normalized spacial score (nSPS) is 13.0. The Hall–Kier alpha value is -2.76. The lowest BCUT2D eigenvalue weighted by Crippen LogP contribution is -2.17. The van der Waals surface area contributed by atoms with Gasteiger partial charge in [0.1, 0.15) is 10.7 Å². The first-order chi connectivity index (χ1) is 12.3. The predicted octanol–water partition coefficient (Wildman–Crippen LogP) is 3.59. The molecule has 2 N–H and O–H groups in total. The van der Waals surface area contributed by atoms with Gasteiger partial charge in [-0.15, -0.1) is 0 Å². The largest absolute Gasteiger partial charge is 0.436 e. The molecule has 1 heterocycles. The van der Waals surface area contributed by atoms with E-state index in [1.807, 2.05) is 0 Å². The van der Waals surface area contributed by atoms with E-state index in [0.29, 0.717) is 16.8 Å². The highest BCUT2D eigenvalue weighted by molar-refractivity contribution is 6.32. The number of rotatable bonds is 3. The van der Waals surface area contributed by atoms with Gasteiger partial charge in [-0.3, -0.25) is 4.68 Å². The zero-order chi connectivity index (χ0) is 20.6. The monoisotopic (exact) mass is 414 g/mol. The molecular weight excluding hydrogens is 406 g/mol. The van der Waals surface area contributed by atoms with Crippen LogP contribution in [0.3, 0.4) is 0 Å². The fraction of sp³-hybridized carbons (Fsp3) is 0.214. The molecule has 27 heavy (non-hydrogen) atoms. The van der Waals surface area contributed by atoms with Gasteiger partial charge in [-0.2, -0.15) is 31.4 Å². The van der Waals surface area contributed by atoms with Gasteiger partial charge in [0.2, 0.25) is 0 Å². The molecule has 0 bridgehead atoms. The Labute approximate surface area is 152 Å². The second-order valence-corrected chi connectivity index (χ2v) is 5.42. The second kappa shape index (κ2) is 7.10. The van der Waals surface area contributed by atoms with Crippen molar-refractivity contribution in [1.82, 2.24) is 9.78 Å². The second-order valence-electron chi connectivity index (χ2n) is 5.07. The van der Waals surface area contributed by atoms with Gasteiger partial charge in [0.05, 0.1) is 5.56 Å². The fourth-order valence-corrected chi connectivity index (χ4v) is 2.11. The minimum absolute atomic E-state index is 0.0517. The van der Waals surface area contributed by atoms with E-state index in [9.17, 15) is 31.1 Å². The van der Waals surface area contributed by atoms with Gasteiger partial charge >= 0.3 is 18.3 Å². The van der Waals surface area contributed by atoms with Crippen LogP contribution in [0.2, 0.25) is 5.15 Å². The molecule has 13 heteroatoms. The van der Waals surface area contributed by atoms with Crippen LogP contribution in [0, 0.1) is 0 Å². The predicted molar refractivity (Wildman–Crippen MR) is 80.8 cm³/mol. The Bertz CT molecular complexity index is 887. The fourth-order valence-electron chi connectivity index (χ4n) is 1.90. The van der Waals surface area contributed by atoms with Crippen molar-refractivity contribution in [3.63, 3.8) is 0 Å². The summed E-state index contributed by atoms with van der Waals surface area (Å²) in [7, 11) is 1.08. The molecule has 1 aromatic heterocycles. The van der Waals surface area contributed by atoms with Gasteiger partial charge in [-0.25, -0.2) is 4.79 Å². The van der Waals surface area contributed by atoms with Crippen LogP contribution in [-0.4, -0.2) is 21.6 Å². The first-order valence-corrected chi connectivity index (χ1v) is 7.22. The smallest absolute Gasteiger partial charge is 0.380 e. The third-order valence-electron chi connectivity index (χ3n) is 3.18. The van der Waals surface area contributed by atoms with Crippen LogP contribution in [0.25, 0.3) is 0 Å². The molecule has 0 radical (unpaired) electrons. The van der Waals surface area contributed by atoms with E-state index in [1.54, 1.807) is 0 Å². The number of halogens is 7. The van der Waals surface area contributed by atoms with Crippen LogP contribution in [0.5, 0.6) is 0 Å². The third kappa shape index (κ3) is 4.51. The summed E-state index contributed by atoms with van der Waals surface area (Å²) in [5, 5.41) is 5.59. The molecule has 146 valence electrons. The van der Waals surface area contributed by atoms with E-state index in [4.69, 9.17) is 17.3 Å². The molecule has 0 spiro atoms. The van der Waals surface area contributed by atoms with Gasteiger partial charge in [-0.1, -0.05) is 28.9 Å². The topological polar surface area (TPSA) is 82.5 Å². The zero-order valence-corrected chi connectivity index (χ0v) is 13.9. The molecular formula is C14H9ClF6N4O2. The SMILES string of the molecule is Cn1nc(C(F)(F)F)c(C(=O)ON=C(N)c2ccc(C(F)(F)F)cc2)c1Cl. The molecule has 0 amide bonds. The highest BCUT2D eigenvalue weighted by atomic mass is 35.5. The van der Waals surface area contributed by atoms with E-state index in [0.717, 1.165) is 19.2 Å². The number of carbonyl (C=O) groups is 1. The number of alkyl halides is 6. The molecule has 2 aromatic rings. The summed E-state index contributed by atoms with van der Waals surface area (Å²) >= 11 is 5.62. The summed E-state index contributed by atoms with van der Waals surface area (Å²) < 4.78 is 76.8. The maximum absolute atomic E-state index is 12.9. The number of nitrogens with two attached hydrogens (primary N) is 1. The van der Waals surface area contributed by atoms with Crippen LogP contribution >= 0.6 is 11.6 Å². The maximum atomic E-state index is 12.9. The van der Waals surface area contributed by atoms with E-state index in [2.05, 4.69) is 15.1 Å². The number of amidine groups is 1. The summed E-state index contributed by atoms with van der Waals surface area (Å²) in [6, 6.07) is 3.32. The molecule has 0 aliphatic rings. The van der Waals surface area contributed by atoms with Gasteiger partial charge in [0.15, 0.2) is 11.5 Å². The van der Waals surface area contributed by atoms with Crippen molar-refractivity contribution in [1.29, 1.82) is 0 Å². The van der Waals surface area contributed by atoms with E-state index in [1.165, 1.54) is 0 Å². The van der Waals surface area contributed by atoms with Gasteiger partial charge < -0.3 is 10.6 Å². The van der Waals surface area contributed by atoms with Gasteiger partial charge in [-0.05, 0) is 12.1 Å². The number of aromatic nitrogens is 2. The minimum atomic E-state index is -4.98. The van der Waals surface area contributed by atoms with Crippen LogP contribution in [0.15, 0.2) is 29.4 Å². The van der Waals surface area contributed by atoms with Crippen molar-refractivity contribution in [3.8, 4) is 0 Å². The van der Waals surface area contributed by atoms with Crippen molar-refractivity contribution in [2.45, 2.75) is 12.4 Å². The van der Waals surface area contributed by atoms with E-state index < -0.39 is 46.1 Å². The summed E-state index contributed by atoms with van der Waals surface area (Å²) in [4.78, 5) is 16.2. The lowest BCUT2D eigenvalue weighted by atomic mass is 10.1. The summed E-state index contributed by atoms with van der Waals surface area (Å²) in [6.07, 6.45) is -9.55. The van der Waals surface area contributed by atoms with Gasteiger partial charge in [0.25, 0.3) is 0 Å². The molecule has 1 aromatic carbocycles. The van der Waals surface area contributed by atoms with Crippen molar-refractivity contribution < 1.29 is 36.0 Å². The number of benzene rings is 1. The molecule has 0 unspecified atom stereocenters. The van der Waals surface area contributed by atoms with Crippen LogP contribution in [0.1, 0.15) is 27.2 Å². The van der Waals surface area contributed by atoms with E-state index in [-0.39, 0.29) is 5.56 Å². The Morgan fingerprint density at radius 3 is 2.19 bits per heavy atom. The Balaban J connectivity index is 2.24. The Kier molecular flexibility index (Phi) is 5.40. The lowest BCUT2D eigenvalue weighted by molar-refractivity contribution is -0.142. The highest BCUT2D eigenvalue weighted by Crippen LogP contribution is 2.34. The highest BCUT2D eigenvalue weighted by Gasteiger charge is 2.42. The average molecular weight is 415 g/mol. The Morgan fingerprint density at radius 2 is 1.70 bits per heavy atom. The minimum Gasteiger partial charge on any atom is -0.380 e. The molecule has 0 aliphatic carbocycles. The lowest BCUT2D eigenvalue weighted by Gasteiger charge is -2.07. The quantitative estimate of drug-likeness (QED) is 0.273. The Morgan fingerprint density at radius 1 is 1.15 bits per heavy atom. The third-order valence-corrected chi connectivity index (χ3v) is 3.62. The van der Waals surface area contributed by atoms with E-state index >= 15 is 0 Å². The number of carbonyl (C=O) groups excluding carboxylic acids is 1. The maximum Gasteiger partial charge on any atom is 0.436 e. The van der Waals surface area contributed by atoms with Crippen LogP contribution in [-0.2, 0) is 24.2 Å². The first kappa shape index (κ1) is 20.6. The standard InChI is InChI=1S/C14H9ClF6N4O2/c1-25-10(15)8(9(23-25)14(19,20)21)12(26)27-24-11(22)6-2-4-7(5-3-6)13(16,17)18/h2-5H,1H3,(H2,22,24). The number of hydrogen-bond donors (Lipinski definition) is 1. The first-order valence-electron chi connectivity index (χ1n) is 6.84. The molecule has 0 aliphatic heterocycles. The molecule has 0 saturated carbocycles. The molecule has 6 nitrogen and oxygen atoms in total. The van der Waals surface area contributed by atoms with Crippen molar-refractivity contribution in [2.24, 2.45) is 17.9 Å². The van der Waals surface area contributed by atoms with Gasteiger partial charge in [0, 0.05) is 12.6 Å². The molecule has 0 saturated heterocycles. The zero-order valence-electron chi connectivity index (χ0n) is 13.2. The van der Waals surface area contributed by atoms with Crippen LogP contribution < -0.4 is 5.73 Å². The number of aryl methyl sites for hydroxylation is 1. The number of hydrogen-bond acceptors (Lipinski definition) is 4. The van der Waals surface area contributed by atoms with Crippen molar-refractivity contribution >= 4 is 23.4 Å². The molecule has 2 rings (SSSR count). The average Bonchev–Trinajstić information content (AvgIpc) is 2.87. The summed E-state index contributed by atoms with van der Waals surface area (Å²) in [5.41, 5.74) is 1.81. The molecule has 0 atom stereocenters.